The molecule has 6 aliphatic rings. The zero-order chi connectivity index (χ0) is 24.9. The van der Waals surface area contributed by atoms with E-state index in [1.807, 2.05) is 0 Å². The van der Waals surface area contributed by atoms with E-state index >= 15 is 0 Å². The van der Waals surface area contributed by atoms with Gasteiger partial charge in [0.05, 0.1) is 0 Å². The van der Waals surface area contributed by atoms with Crippen LogP contribution in [0.15, 0.2) is 0 Å². The summed E-state index contributed by atoms with van der Waals surface area (Å²) in [6.07, 6.45) is 14.9. The Balaban J connectivity index is 1.68. The van der Waals surface area contributed by atoms with Crippen molar-refractivity contribution in [3.8, 4) is 0 Å². The van der Waals surface area contributed by atoms with Crippen molar-refractivity contribution in [3.05, 3.63) is 0 Å². The fraction of sp³-hybridized carbons (Fsp3) is 1.00. The van der Waals surface area contributed by atoms with Gasteiger partial charge in [-0.1, -0.05) is 0 Å². The fourth-order valence-corrected chi connectivity index (χ4v) is 32.3. The van der Waals surface area contributed by atoms with Crippen LogP contribution in [0.1, 0.15) is 91.9 Å². The quantitative estimate of drug-likeness (QED) is 0.363. The van der Waals surface area contributed by atoms with Gasteiger partial charge in [0.1, 0.15) is 0 Å². The van der Waals surface area contributed by atoms with Crippen molar-refractivity contribution >= 4 is 31.2 Å². The Labute approximate surface area is 216 Å². The predicted octanol–water partition coefficient (Wildman–Crippen LogP) is 7.31. The first-order valence-electron chi connectivity index (χ1n) is 14.8. The van der Waals surface area contributed by atoms with E-state index in [0.717, 1.165) is 17.8 Å². The molecule has 2 aliphatic heterocycles. The monoisotopic (exact) mass is 514 g/mol. The number of piperidine rings is 1. The molecule has 34 heavy (non-hydrogen) atoms. The zero-order valence-corrected chi connectivity index (χ0v) is 27.5. The Morgan fingerprint density at radius 1 is 0.706 bits per heavy atom. The number of rotatable bonds is 4. The topological polar surface area (TPSA) is 6.48 Å². The Kier molecular flexibility index (Phi) is 6.04. The van der Waals surface area contributed by atoms with Crippen LogP contribution < -0.4 is 0 Å². The molecule has 4 bridgehead atoms. The number of hydrogen-bond acceptors (Lipinski definition) is 2. The SMILES string of the molecule is CC1(C)CCCC(C)(C)N1B=[Si]1N(C23CC4CC(CC(C4)C2)C3)CCC1([Si](C)(C)C)[Si](C)(C)C. The summed E-state index contributed by atoms with van der Waals surface area (Å²) in [5.74, 6) is 3.14. The van der Waals surface area contributed by atoms with Gasteiger partial charge in [-0.25, -0.2) is 0 Å². The van der Waals surface area contributed by atoms with E-state index in [1.54, 1.807) is 38.5 Å². The summed E-state index contributed by atoms with van der Waals surface area (Å²) in [7, 11) is -3.60. The summed E-state index contributed by atoms with van der Waals surface area (Å²) in [6, 6.07) is 0. The Morgan fingerprint density at radius 2 is 1.15 bits per heavy atom. The second-order valence-corrected chi connectivity index (χ2v) is 31.4. The van der Waals surface area contributed by atoms with Gasteiger partial charge >= 0.3 is 217 Å². The van der Waals surface area contributed by atoms with E-state index < -0.39 is 24.6 Å². The molecular weight excluding hydrogens is 459 g/mol. The maximum absolute atomic E-state index is 3.33. The first-order valence-corrected chi connectivity index (χ1v) is 23.3. The van der Waals surface area contributed by atoms with Crippen molar-refractivity contribution in [1.82, 2.24) is 9.38 Å². The molecule has 0 aromatic heterocycles. The van der Waals surface area contributed by atoms with E-state index in [9.17, 15) is 0 Å². The molecule has 0 radical (unpaired) electrons. The molecule has 2 saturated heterocycles. The minimum atomic E-state index is -1.40. The fourth-order valence-electron chi connectivity index (χ4n) is 11.0. The Hall–Kier alpha value is 0.316. The summed E-state index contributed by atoms with van der Waals surface area (Å²) < 4.78 is 3.98. The van der Waals surface area contributed by atoms with E-state index in [1.165, 1.54) is 32.2 Å². The van der Waals surface area contributed by atoms with Crippen LogP contribution in [0.25, 0.3) is 0 Å². The summed E-state index contributed by atoms with van der Waals surface area (Å²) in [4.78, 5) is 2.96. The molecule has 6 heteroatoms. The van der Waals surface area contributed by atoms with E-state index in [2.05, 4.69) is 83.0 Å². The molecule has 2 nitrogen and oxygen atoms in total. The summed E-state index contributed by atoms with van der Waals surface area (Å²) in [6.45, 7) is 31.2. The van der Waals surface area contributed by atoms with Crippen LogP contribution in [0, 0.1) is 17.8 Å². The van der Waals surface area contributed by atoms with Crippen LogP contribution in [0.3, 0.4) is 0 Å². The van der Waals surface area contributed by atoms with Crippen LogP contribution in [-0.4, -0.2) is 63.7 Å². The molecule has 0 spiro atoms. The van der Waals surface area contributed by atoms with E-state index in [-0.39, 0.29) is 0 Å². The molecule has 0 aromatic rings. The van der Waals surface area contributed by atoms with Crippen molar-refractivity contribution in [3.63, 3.8) is 0 Å². The van der Waals surface area contributed by atoms with Crippen molar-refractivity contribution in [2.45, 2.75) is 152 Å². The predicted molar refractivity (Wildman–Crippen MR) is 157 cm³/mol. The van der Waals surface area contributed by atoms with Gasteiger partial charge in [0.25, 0.3) is 0 Å². The van der Waals surface area contributed by atoms with E-state index in [4.69, 9.17) is 0 Å². The average Bonchev–Trinajstić information content (AvgIpc) is 3.04. The van der Waals surface area contributed by atoms with Gasteiger partial charge in [-0.3, -0.25) is 0 Å². The van der Waals surface area contributed by atoms with Crippen molar-refractivity contribution in [2.75, 3.05) is 6.54 Å². The van der Waals surface area contributed by atoms with Crippen LogP contribution >= 0.6 is 0 Å². The van der Waals surface area contributed by atoms with Crippen LogP contribution in [0.4, 0.5) is 0 Å². The molecule has 0 amide bonds. The first-order chi connectivity index (χ1) is 15.5. The van der Waals surface area contributed by atoms with Gasteiger partial charge < -0.3 is 0 Å². The molecule has 6 rings (SSSR count). The third kappa shape index (κ3) is 3.80. The van der Waals surface area contributed by atoms with Gasteiger partial charge in [0.2, 0.25) is 0 Å². The van der Waals surface area contributed by atoms with Gasteiger partial charge in [0, 0.05) is 0 Å². The number of hydrogen-bond donors (Lipinski definition) is 0. The third-order valence-electron chi connectivity index (χ3n) is 11.7. The van der Waals surface area contributed by atoms with Crippen LogP contribution in [0.5, 0.6) is 0 Å². The summed E-state index contributed by atoms with van der Waals surface area (Å²) >= 11 is 0. The van der Waals surface area contributed by atoms with Gasteiger partial charge in [-0.2, -0.15) is 0 Å². The zero-order valence-electron chi connectivity index (χ0n) is 24.5. The average molecular weight is 515 g/mol. The maximum atomic E-state index is 3.33. The summed E-state index contributed by atoms with van der Waals surface area (Å²) in [5, 5.41) is 0. The minimum absolute atomic E-state index is 0.291. The normalized spacial score (nSPS) is 39.6. The standard InChI is InChI=1S/C28H55BN2Si3/c1-25(2)12-11-13-26(3,4)31(25)29-32-28(33(5,6)7,34(8,9)10)14-15-30(32)27-19-22-16-23(20-27)18-24(17-22)21-27/h22-24H,11-21H2,1-10H3. The van der Waals surface area contributed by atoms with Gasteiger partial charge in [0.15, 0.2) is 0 Å². The molecule has 4 aliphatic carbocycles. The van der Waals surface area contributed by atoms with Crippen molar-refractivity contribution in [1.29, 1.82) is 0 Å². The Morgan fingerprint density at radius 3 is 1.56 bits per heavy atom. The van der Waals surface area contributed by atoms with Gasteiger partial charge in [-0.15, -0.1) is 0 Å². The molecule has 0 N–H and O–H groups in total. The number of nitrogens with zero attached hydrogens (tertiary/aromatic N) is 2. The molecule has 192 valence electrons. The van der Waals surface area contributed by atoms with E-state index in [0.29, 0.717) is 20.9 Å². The van der Waals surface area contributed by atoms with Crippen LogP contribution in [-0.2, 0) is 0 Å². The molecule has 2 heterocycles. The van der Waals surface area contributed by atoms with Crippen molar-refractivity contribution < 1.29 is 0 Å². The second kappa shape index (κ2) is 7.91. The van der Waals surface area contributed by atoms with Gasteiger partial charge in [-0.05, 0) is 0 Å². The molecule has 0 atom stereocenters. The molecule has 0 unspecified atom stereocenters. The van der Waals surface area contributed by atoms with Crippen molar-refractivity contribution in [2.24, 2.45) is 17.8 Å². The third-order valence-corrected chi connectivity index (χ3v) is 30.8. The Bertz CT molecular complexity index is 785. The molecule has 6 fully saturated rings. The van der Waals surface area contributed by atoms with Crippen LogP contribution in [0.2, 0.25) is 43.6 Å². The molecule has 0 aromatic carbocycles. The second-order valence-electron chi connectivity index (χ2n) is 16.8. The molecule has 4 saturated carbocycles. The first kappa shape index (κ1) is 25.9. The molecular formula is C28H55BN2Si3. The summed E-state index contributed by atoms with van der Waals surface area (Å²) in [5.41, 5.74) is 1.14.